The number of thiazole rings is 1. The molecule has 3 heterocycles. The number of pyridine rings is 1. The summed E-state index contributed by atoms with van der Waals surface area (Å²) in [5.41, 5.74) is 2.40. The van der Waals surface area contributed by atoms with E-state index in [2.05, 4.69) is 6.07 Å². The zero-order valence-corrected chi connectivity index (χ0v) is 13.6. The Balaban J connectivity index is 2.09. The van der Waals surface area contributed by atoms with Crippen molar-refractivity contribution in [1.82, 2.24) is 0 Å². The van der Waals surface area contributed by atoms with Crippen LogP contribution in [0.1, 0.15) is 5.56 Å². The minimum Gasteiger partial charge on any atom is -0.458 e. The molecular formula is C18H11N2OS2+. The van der Waals surface area contributed by atoms with Gasteiger partial charge in [0.1, 0.15) is 11.6 Å². The van der Waals surface area contributed by atoms with Crippen LogP contribution in [-0.2, 0) is 0 Å². The van der Waals surface area contributed by atoms with Gasteiger partial charge in [-0.05, 0) is 17.5 Å². The maximum absolute atomic E-state index is 10.8. The summed E-state index contributed by atoms with van der Waals surface area (Å²) in [6.45, 7) is 0. The highest BCUT2D eigenvalue weighted by molar-refractivity contribution is 7.20. The van der Waals surface area contributed by atoms with E-state index in [0.29, 0.717) is 5.56 Å². The Morgan fingerprint density at radius 3 is 2.52 bits per heavy atom. The summed E-state index contributed by atoms with van der Waals surface area (Å²) in [6, 6.07) is 19.7. The van der Waals surface area contributed by atoms with E-state index in [9.17, 15) is 10.4 Å². The molecule has 0 aliphatic heterocycles. The second kappa shape index (κ2) is 5.51. The van der Waals surface area contributed by atoms with Crippen molar-refractivity contribution >= 4 is 27.5 Å². The zero-order valence-electron chi connectivity index (χ0n) is 11.9. The van der Waals surface area contributed by atoms with Gasteiger partial charge in [-0.25, -0.2) is 0 Å². The van der Waals surface area contributed by atoms with Gasteiger partial charge in [-0.3, -0.25) is 0 Å². The summed E-state index contributed by atoms with van der Waals surface area (Å²) < 4.78 is 1.78. The average molecular weight is 335 g/mol. The Kier molecular flexibility index (Phi) is 3.34. The lowest BCUT2D eigenvalue weighted by molar-refractivity contribution is -0.505. The van der Waals surface area contributed by atoms with Gasteiger partial charge in [0.15, 0.2) is 4.88 Å². The SMILES string of the molecule is N#Cc1ccc(-c2cccs2)[n+]2c(O)c(-c3ccccc3)sc12. The van der Waals surface area contributed by atoms with Gasteiger partial charge in [0, 0.05) is 11.6 Å². The topological polar surface area (TPSA) is 48.1 Å². The number of aromatic hydroxyl groups is 1. The molecule has 5 heteroatoms. The molecule has 23 heavy (non-hydrogen) atoms. The van der Waals surface area contributed by atoms with Crippen LogP contribution in [0.3, 0.4) is 0 Å². The zero-order chi connectivity index (χ0) is 15.8. The Morgan fingerprint density at radius 1 is 1.00 bits per heavy atom. The van der Waals surface area contributed by atoms with E-state index in [1.807, 2.05) is 60.0 Å². The first-order valence-electron chi connectivity index (χ1n) is 6.99. The first-order chi connectivity index (χ1) is 11.3. The quantitative estimate of drug-likeness (QED) is 0.550. The third-order valence-corrected chi connectivity index (χ3v) is 5.74. The van der Waals surface area contributed by atoms with Crippen LogP contribution < -0.4 is 4.40 Å². The van der Waals surface area contributed by atoms with Crippen LogP contribution in [0.4, 0.5) is 0 Å². The molecule has 3 aromatic heterocycles. The largest absolute Gasteiger partial charge is 0.458 e. The predicted molar refractivity (Wildman–Crippen MR) is 92.6 cm³/mol. The molecular weight excluding hydrogens is 324 g/mol. The number of benzene rings is 1. The Morgan fingerprint density at radius 2 is 1.83 bits per heavy atom. The normalized spacial score (nSPS) is 10.7. The van der Waals surface area contributed by atoms with E-state index in [-0.39, 0.29) is 5.88 Å². The van der Waals surface area contributed by atoms with E-state index in [1.54, 1.807) is 15.7 Å². The molecule has 0 atom stereocenters. The maximum atomic E-state index is 10.8. The minimum atomic E-state index is 0.178. The van der Waals surface area contributed by atoms with Crippen LogP contribution in [0.2, 0.25) is 0 Å². The third kappa shape index (κ3) is 2.20. The molecule has 0 saturated carbocycles. The lowest BCUT2D eigenvalue weighted by Crippen LogP contribution is -2.23. The smallest absolute Gasteiger partial charge is 0.391 e. The van der Waals surface area contributed by atoms with Crippen LogP contribution in [0.15, 0.2) is 60.0 Å². The van der Waals surface area contributed by atoms with Crippen molar-refractivity contribution in [2.24, 2.45) is 0 Å². The summed E-state index contributed by atoms with van der Waals surface area (Å²) in [5, 5.41) is 22.2. The molecule has 0 bridgehead atoms. The molecule has 0 spiro atoms. The molecule has 4 aromatic rings. The van der Waals surface area contributed by atoms with Crippen molar-refractivity contribution in [3.8, 4) is 33.0 Å². The number of fused-ring (bicyclic) bond motifs is 1. The lowest BCUT2D eigenvalue weighted by atomic mass is 10.2. The molecule has 0 aliphatic carbocycles. The monoisotopic (exact) mass is 335 g/mol. The molecule has 0 aliphatic rings. The maximum Gasteiger partial charge on any atom is 0.391 e. The van der Waals surface area contributed by atoms with Crippen molar-refractivity contribution < 1.29 is 9.51 Å². The van der Waals surface area contributed by atoms with Crippen LogP contribution in [0.25, 0.3) is 25.8 Å². The van der Waals surface area contributed by atoms with Crippen molar-refractivity contribution in [2.45, 2.75) is 0 Å². The third-order valence-electron chi connectivity index (χ3n) is 3.63. The summed E-state index contributed by atoms with van der Waals surface area (Å²) in [4.78, 5) is 2.58. The standard InChI is InChI=1S/C18H10N2OS2/c19-11-13-8-9-14(15-7-4-10-22-15)20-17(21)16(23-18(13)20)12-5-2-1-3-6-12/h1-10H/p+1. The average Bonchev–Trinajstić information content (AvgIpc) is 3.24. The van der Waals surface area contributed by atoms with Crippen LogP contribution in [0.5, 0.6) is 5.88 Å². The summed E-state index contributed by atoms with van der Waals surface area (Å²) in [6.07, 6.45) is 0. The highest BCUT2D eigenvalue weighted by Crippen LogP contribution is 2.37. The lowest BCUT2D eigenvalue weighted by Gasteiger charge is -1.96. The van der Waals surface area contributed by atoms with E-state index in [0.717, 1.165) is 25.8 Å². The number of hydrogen-bond donors (Lipinski definition) is 1. The fraction of sp³-hybridized carbons (Fsp3) is 0. The summed E-state index contributed by atoms with van der Waals surface area (Å²) >= 11 is 3.04. The fourth-order valence-electron chi connectivity index (χ4n) is 2.57. The molecule has 4 rings (SSSR count). The molecule has 0 unspecified atom stereocenters. The summed E-state index contributed by atoms with van der Waals surface area (Å²) in [7, 11) is 0. The molecule has 0 saturated heterocycles. The van der Waals surface area contributed by atoms with E-state index in [1.165, 1.54) is 11.3 Å². The highest BCUT2D eigenvalue weighted by Gasteiger charge is 2.28. The van der Waals surface area contributed by atoms with Gasteiger partial charge in [-0.2, -0.15) is 5.26 Å². The first-order valence-corrected chi connectivity index (χ1v) is 8.69. The van der Waals surface area contributed by atoms with E-state index in [4.69, 9.17) is 0 Å². The van der Waals surface area contributed by atoms with Gasteiger partial charge in [0.2, 0.25) is 5.69 Å². The Hall–Kier alpha value is -2.68. The molecule has 0 radical (unpaired) electrons. The van der Waals surface area contributed by atoms with Gasteiger partial charge in [0.25, 0.3) is 4.83 Å². The summed E-state index contributed by atoms with van der Waals surface area (Å²) in [5.74, 6) is 0.178. The number of nitriles is 1. The predicted octanol–water partition coefficient (Wildman–Crippen LogP) is 4.46. The Bertz CT molecular complexity index is 1030. The van der Waals surface area contributed by atoms with Crippen LogP contribution in [-0.4, -0.2) is 5.11 Å². The molecule has 1 aromatic carbocycles. The first kappa shape index (κ1) is 13.9. The second-order valence-corrected chi connectivity index (χ2v) is 6.93. The van der Waals surface area contributed by atoms with Gasteiger partial charge in [-0.1, -0.05) is 47.7 Å². The second-order valence-electron chi connectivity index (χ2n) is 4.98. The number of rotatable bonds is 2. The number of hydrogen-bond acceptors (Lipinski definition) is 4. The Labute approximate surface area is 141 Å². The number of thiophene rings is 1. The van der Waals surface area contributed by atoms with E-state index >= 15 is 0 Å². The van der Waals surface area contributed by atoms with Gasteiger partial charge >= 0.3 is 5.88 Å². The molecule has 110 valence electrons. The number of nitrogens with zero attached hydrogens (tertiary/aromatic N) is 2. The molecule has 1 N–H and O–H groups in total. The molecule has 0 amide bonds. The minimum absolute atomic E-state index is 0.178. The van der Waals surface area contributed by atoms with Crippen molar-refractivity contribution in [3.05, 3.63) is 65.5 Å². The van der Waals surface area contributed by atoms with Crippen molar-refractivity contribution in [2.75, 3.05) is 0 Å². The van der Waals surface area contributed by atoms with Crippen LogP contribution >= 0.6 is 22.7 Å². The molecule has 3 nitrogen and oxygen atoms in total. The van der Waals surface area contributed by atoms with Gasteiger partial charge in [-0.15, -0.1) is 15.7 Å². The van der Waals surface area contributed by atoms with Gasteiger partial charge in [0.05, 0.1) is 4.88 Å². The number of aromatic nitrogens is 1. The fourth-order valence-corrected chi connectivity index (χ4v) is 4.44. The highest BCUT2D eigenvalue weighted by atomic mass is 32.1. The van der Waals surface area contributed by atoms with Crippen molar-refractivity contribution in [1.29, 1.82) is 5.26 Å². The van der Waals surface area contributed by atoms with Gasteiger partial charge < -0.3 is 5.11 Å². The van der Waals surface area contributed by atoms with Crippen LogP contribution in [0, 0.1) is 11.3 Å². The van der Waals surface area contributed by atoms with Crippen molar-refractivity contribution in [3.63, 3.8) is 0 Å². The molecule has 0 fully saturated rings. The van der Waals surface area contributed by atoms with E-state index < -0.39 is 0 Å².